The molecule has 3 heterocycles. The van der Waals surface area contributed by atoms with Crippen LogP contribution in [-0.2, 0) is 6.54 Å². The van der Waals surface area contributed by atoms with Crippen LogP contribution in [0.15, 0.2) is 48.9 Å². The van der Waals surface area contributed by atoms with Crippen molar-refractivity contribution in [1.82, 2.24) is 19.7 Å². The van der Waals surface area contributed by atoms with E-state index in [2.05, 4.69) is 56.3 Å². The number of nitrogens with one attached hydrogen (secondary N) is 1. The van der Waals surface area contributed by atoms with Gasteiger partial charge in [-0.05, 0) is 30.5 Å². The molecule has 4 heteroatoms. The molecule has 1 aromatic carbocycles. The van der Waals surface area contributed by atoms with Gasteiger partial charge in [0.05, 0.1) is 6.04 Å². The molecular weight excluding hydrogens is 260 g/mol. The Bertz CT molecular complexity index is 705. The summed E-state index contributed by atoms with van der Waals surface area (Å²) >= 11 is 0. The standard InChI is InChI=1S/C17H20N4/c1-2-5-17-16(4-1)14(12-18-17)13-20-10-6-15(7-11-20)21-9-3-8-19-21/h1-5,8-9,12,15,18H,6-7,10-11,13H2. The van der Waals surface area contributed by atoms with Gasteiger partial charge in [0, 0.05) is 49.1 Å². The smallest absolute Gasteiger partial charge is 0.0543 e. The number of para-hydroxylation sites is 1. The molecule has 4 nitrogen and oxygen atoms in total. The molecule has 0 amide bonds. The number of rotatable bonds is 3. The van der Waals surface area contributed by atoms with Gasteiger partial charge in [-0.3, -0.25) is 9.58 Å². The Morgan fingerprint density at radius 2 is 2.00 bits per heavy atom. The van der Waals surface area contributed by atoms with Gasteiger partial charge in [0.15, 0.2) is 0 Å². The summed E-state index contributed by atoms with van der Waals surface area (Å²) in [4.78, 5) is 5.92. The van der Waals surface area contributed by atoms with Gasteiger partial charge in [0.1, 0.15) is 0 Å². The number of fused-ring (bicyclic) bond motifs is 1. The molecular formula is C17H20N4. The number of hydrogen-bond acceptors (Lipinski definition) is 2. The Labute approximate surface area is 124 Å². The Morgan fingerprint density at radius 1 is 1.14 bits per heavy atom. The van der Waals surface area contributed by atoms with E-state index in [1.54, 1.807) is 0 Å². The lowest BCUT2D eigenvalue weighted by molar-refractivity contribution is 0.174. The molecule has 0 unspecified atom stereocenters. The summed E-state index contributed by atoms with van der Waals surface area (Å²) in [5.41, 5.74) is 2.64. The molecule has 0 saturated carbocycles. The molecule has 0 aliphatic carbocycles. The number of aromatic nitrogens is 3. The largest absolute Gasteiger partial charge is 0.361 e. The van der Waals surface area contributed by atoms with E-state index >= 15 is 0 Å². The van der Waals surface area contributed by atoms with Crippen LogP contribution < -0.4 is 0 Å². The highest BCUT2D eigenvalue weighted by Crippen LogP contribution is 2.25. The van der Waals surface area contributed by atoms with Crippen molar-refractivity contribution in [3.8, 4) is 0 Å². The minimum atomic E-state index is 0.569. The summed E-state index contributed by atoms with van der Waals surface area (Å²) in [5, 5.41) is 5.73. The van der Waals surface area contributed by atoms with Crippen LogP contribution in [-0.4, -0.2) is 32.8 Å². The first-order valence-corrected chi connectivity index (χ1v) is 7.66. The van der Waals surface area contributed by atoms with Gasteiger partial charge in [0.25, 0.3) is 0 Å². The summed E-state index contributed by atoms with van der Waals surface area (Å²) in [5.74, 6) is 0. The average molecular weight is 280 g/mol. The van der Waals surface area contributed by atoms with Gasteiger partial charge in [-0.2, -0.15) is 5.10 Å². The van der Waals surface area contributed by atoms with E-state index in [-0.39, 0.29) is 0 Å². The average Bonchev–Trinajstić information content (AvgIpc) is 3.19. The first-order valence-electron chi connectivity index (χ1n) is 7.66. The van der Waals surface area contributed by atoms with E-state index in [4.69, 9.17) is 0 Å². The molecule has 0 bridgehead atoms. The van der Waals surface area contributed by atoms with Gasteiger partial charge >= 0.3 is 0 Å². The lowest BCUT2D eigenvalue weighted by Gasteiger charge is -2.31. The first kappa shape index (κ1) is 12.7. The number of aromatic amines is 1. The summed E-state index contributed by atoms with van der Waals surface area (Å²) in [6.07, 6.45) is 8.48. The Hall–Kier alpha value is -2.07. The molecule has 1 aliphatic heterocycles. The van der Waals surface area contributed by atoms with Crippen LogP contribution in [0.2, 0.25) is 0 Å². The van der Waals surface area contributed by atoms with E-state index in [0.29, 0.717) is 6.04 Å². The topological polar surface area (TPSA) is 36.9 Å². The SMILES string of the molecule is c1ccc2c(CN3CCC(n4cccn4)CC3)c[nH]c2c1. The molecule has 0 radical (unpaired) electrons. The Balaban J connectivity index is 1.43. The predicted octanol–water partition coefficient (Wildman–Crippen LogP) is 3.20. The van der Waals surface area contributed by atoms with Crippen LogP contribution in [0.25, 0.3) is 10.9 Å². The molecule has 0 atom stereocenters. The molecule has 0 spiro atoms. The van der Waals surface area contributed by atoms with Crippen molar-refractivity contribution in [3.63, 3.8) is 0 Å². The van der Waals surface area contributed by atoms with E-state index < -0.39 is 0 Å². The van der Waals surface area contributed by atoms with Crippen molar-refractivity contribution < 1.29 is 0 Å². The third-order valence-electron chi connectivity index (χ3n) is 4.52. The van der Waals surface area contributed by atoms with Crippen molar-refractivity contribution in [2.75, 3.05) is 13.1 Å². The van der Waals surface area contributed by atoms with E-state index in [1.165, 1.54) is 29.3 Å². The monoisotopic (exact) mass is 280 g/mol. The van der Waals surface area contributed by atoms with Gasteiger partial charge in [0.2, 0.25) is 0 Å². The van der Waals surface area contributed by atoms with Crippen molar-refractivity contribution in [3.05, 3.63) is 54.5 Å². The molecule has 1 aliphatic rings. The zero-order valence-corrected chi connectivity index (χ0v) is 12.1. The van der Waals surface area contributed by atoms with Gasteiger partial charge in [-0.1, -0.05) is 18.2 Å². The second-order valence-electron chi connectivity index (χ2n) is 5.85. The summed E-state index contributed by atoms with van der Waals surface area (Å²) < 4.78 is 2.11. The molecule has 21 heavy (non-hydrogen) atoms. The second-order valence-corrected chi connectivity index (χ2v) is 5.85. The molecule has 3 aromatic rings. The minimum absolute atomic E-state index is 0.569. The van der Waals surface area contributed by atoms with E-state index in [0.717, 1.165) is 19.6 Å². The first-order chi connectivity index (χ1) is 10.4. The highest BCUT2D eigenvalue weighted by molar-refractivity contribution is 5.82. The highest BCUT2D eigenvalue weighted by Gasteiger charge is 2.21. The summed E-state index contributed by atoms with van der Waals surface area (Å²) in [6, 6.07) is 11.1. The third-order valence-corrected chi connectivity index (χ3v) is 4.52. The number of benzene rings is 1. The number of H-pyrrole nitrogens is 1. The summed E-state index contributed by atoms with van der Waals surface area (Å²) in [6.45, 7) is 3.32. The third kappa shape index (κ3) is 2.47. The van der Waals surface area contributed by atoms with Crippen LogP contribution in [0.4, 0.5) is 0 Å². The number of nitrogens with zero attached hydrogens (tertiary/aromatic N) is 3. The Kier molecular flexibility index (Phi) is 3.24. The zero-order chi connectivity index (χ0) is 14.1. The van der Waals surface area contributed by atoms with Crippen LogP contribution >= 0.6 is 0 Å². The fourth-order valence-electron chi connectivity index (χ4n) is 3.34. The maximum absolute atomic E-state index is 4.37. The quantitative estimate of drug-likeness (QED) is 0.800. The lowest BCUT2D eigenvalue weighted by atomic mass is 10.0. The molecule has 4 rings (SSSR count). The van der Waals surface area contributed by atoms with E-state index in [9.17, 15) is 0 Å². The van der Waals surface area contributed by atoms with Gasteiger partial charge in [-0.15, -0.1) is 0 Å². The minimum Gasteiger partial charge on any atom is -0.361 e. The zero-order valence-electron chi connectivity index (χ0n) is 12.1. The molecule has 2 aromatic heterocycles. The van der Waals surface area contributed by atoms with Gasteiger partial charge < -0.3 is 4.98 Å². The highest BCUT2D eigenvalue weighted by atomic mass is 15.3. The van der Waals surface area contributed by atoms with Crippen LogP contribution in [0.3, 0.4) is 0 Å². The maximum Gasteiger partial charge on any atom is 0.0543 e. The number of hydrogen-bond donors (Lipinski definition) is 1. The van der Waals surface area contributed by atoms with E-state index in [1.807, 2.05) is 12.3 Å². The van der Waals surface area contributed by atoms with Gasteiger partial charge in [-0.25, -0.2) is 0 Å². The number of piperidine rings is 1. The predicted molar refractivity (Wildman–Crippen MR) is 84.1 cm³/mol. The molecule has 1 saturated heterocycles. The molecule has 1 N–H and O–H groups in total. The van der Waals surface area contributed by atoms with Crippen LogP contribution in [0.5, 0.6) is 0 Å². The fraction of sp³-hybridized carbons (Fsp3) is 0.353. The fourth-order valence-corrected chi connectivity index (χ4v) is 3.34. The van der Waals surface area contributed by atoms with Crippen molar-refractivity contribution in [1.29, 1.82) is 0 Å². The Morgan fingerprint density at radius 3 is 2.81 bits per heavy atom. The maximum atomic E-state index is 4.37. The second kappa shape index (κ2) is 5.37. The summed E-state index contributed by atoms with van der Waals surface area (Å²) in [7, 11) is 0. The lowest BCUT2D eigenvalue weighted by Crippen LogP contribution is -2.34. The van der Waals surface area contributed by atoms with Crippen LogP contribution in [0.1, 0.15) is 24.4 Å². The van der Waals surface area contributed by atoms with Crippen molar-refractivity contribution >= 4 is 10.9 Å². The number of likely N-dealkylation sites (tertiary alicyclic amines) is 1. The van der Waals surface area contributed by atoms with Crippen molar-refractivity contribution in [2.24, 2.45) is 0 Å². The van der Waals surface area contributed by atoms with Crippen LogP contribution in [0, 0.1) is 0 Å². The molecule has 1 fully saturated rings. The van der Waals surface area contributed by atoms with Crippen molar-refractivity contribution in [2.45, 2.75) is 25.4 Å². The molecule has 108 valence electrons. The normalized spacial score (nSPS) is 17.5.